The van der Waals surface area contributed by atoms with E-state index in [0.717, 1.165) is 4.90 Å². The van der Waals surface area contributed by atoms with Crippen molar-refractivity contribution in [3.8, 4) is 11.5 Å². The summed E-state index contributed by atoms with van der Waals surface area (Å²) in [5.41, 5.74) is -0.166. The van der Waals surface area contributed by atoms with Crippen LogP contribution in [0.1, 0.15) is 32.3 Å². The number of aliphatic carboxylic acids is 1. The van der Waals surface area contributed by atoms with Crippen molar-refractivity contribution < 1.29 is 19.4 Å². The highest BCUT2D eigenvalue weighted by Crippen LogP contribution is 2.55. The first-order valence-corrected chi connectivity index (χ1v) is 7.49. The number of rotatable bonds is 6. The van der Waals surface area contributed by atoms with Gasteiger partial charge >= 0.3 is 5.97 Å². The minimum Gasteiger partial charge on any atom is -0.496 e. The molecule has 0 amide bonds. The fourth-order valence-electron chi connectivity index (χ4n) is 2.40. The molecule has 1 fully saturated rings. The standard InChI is InChI=1S/C15H20O4S/c1-9(2)20-10-7-11(18-3)13(12(8-10)19-4)15(5-6-15)14(16)17/h7-9H,5-6H2,1-4H3,(H,16,17). The van der Waals surface area contributed by atoms with E-state index in [1.54, 1.807) is 26.0 Å². The lowest BCUT2D eigenvalue weighted by Crippen LogP contribution is -2.21. The van der Waals surface area contributed by atoms with E-state index in [-0.39, 0.29) is 0 Å². The van der Waals surface area contributed by atoms with Gasteiger partial charge in [-0.05, 0) is 25.0 Å². The van der Waals surface area contributed by atoms with Crippen molar-refractivity contribution in [2.75, 3.05) is 14.2 Å². The molecule has 110 valence electrons. The molecule has 1 aromatic rings. The van der Waals surface area contributed by atoms with Gasteiger partial charge in [0.25, 0.3) is 0 Å². The van der Waals surface area contributed by atoms with Gasteiger partial charge in [-0.25, -0.2) is 0 Å². The van der Waals surface area contributed by atoms with Gasteiger partial charge in [-0.1, -0.05) is 13.8 Å². The lowest BCUT2D eigenvalue weighted by Gasteiger charge is -2.20. The Kier molecular flexibility index (Phi) is 4.18. The summed E-state index contributed by atoms with van der Waals surface area (Å²) in [5, 5.41) is 9.93. The molecule has 0 aromatic heterocycles. The first-order valence-electron chi connectivity index (χ1n) is 6.61. The number of carbonyl (C=O) groups is 1. The molecule has 1 saturated carbocycles. The van der Waals surface area contributed by atoms with Crippen LogP contribution in [0.2, 0.25) is 0 Å². The zero-order chi connectivity index (χ0) is 14.9. The van der Waals surface area contributed by atoms with E-state index in [9.17, 15) is 9.90 Å². The third-order valence-electron chi connectivity index (χ3n) is 3.49. The zero-order valence-electron chi connectivity index (χ0n) is 12.2. The Balaban J connectivity index is 2.53. The van der Waals surface area contributed by atoms with Crippen molar-refractivity contribution in [3.05, 3.63) is 17.7 Å². The highest BCUT2D eigenvalue weighted by atomic mass is 32.2. The average Bonchev–Trinajstić information content (AvgIpc) is 3.18. The number of ether oxygens (including phenoxy) is 2. The zero-order valence-corrected chi connectivity index (χ0v) is 13.0. The molecular weight excluding hydrogens is 276 g/mol. The lowest BCUT2D eigenvalue weighted by molar-refractivity contribution is -0.140. The van der Waals surface area contributed by atoms with Gasteiger partial charge in [0.1, 0.15) is 16.9 Å². The Morgan fingerprint density at radius 2 is 1.75 bits per heavy atom. The van der Waals surface area contributed by atoms with Gasteiger partial charge in [0.15, 0.2) is 0 Å². The molecule has 20 heavy (non-hydrogen) atoms. The van der Waals surface area contributed by atoms with E-state index in [1.807, 2.05) is 12.1 Å². The molecule has 0 atom stereocenters. The van der Waals surface area contributed by atoms with Crippen LogP contribution in [-0.4, -0.2) is 30.5 Å². The monoisotopic (exact) mass is 296 g/mol. The van der Waals surface area contributed by atoms with E-state index in [0.29, 0.717) is 35.2 Å². The number of hydrogen-bond donors (Lipinski definition) is 1. The number of methoxy groups -OCH3 is 2. The molecule has 0 aliphatic heterocycles. The molecule has 0 radical (unpaired) electrons. The minimum absolute atomic E-state index is 0.435. The molecule has 5 heteroatoms. The summed E-state index contributed by atoms with van der Waals surface area (Å²) in [6.07, 6.45) is 1.26. The van der Waals surface area contributed by atoms with Gasteiger partial charge in [-0.3, -0.25) is 4.79 Å². The lowest BCUT2D eigenvalue weighted by atomic mass is 9.94. The fraction of sp³-hybridized carbons (Fsp3) is 0.533. The Bertz CT molecular complexity index is 496. The van der Waals surface area contributed by atoms with Crippen molar-refractivity contribution >= 4 is 17.7 Å². The highest BCUT2D eigenvalue weighted by Gasteiger charge is 2.55. The van der Waals surface area contributed by atoms with Crippen molar-refractivity contribution in [3.63, 3.8) is 0 Å². The molecule has 1 N–H and O–H groups in total. The van der Waals surface area contributed by atoms with Crippen LogP contribution >= 0.6 is 11.8 Å². The van der Waals surface area contributed by atoms with Gasteiger partial charge in [0.05, 0.1) is 19.8 Å². The van der Waals surface area contributed by atoms with Crippen LogP contribution < -0.4 is 9.47 Å². The van der Waals surface area contributed by atoms with Crippen LogP contribution in [-0.2, 0) is 10.2 Å². The first kappa shape index (κ1) is 15.0. The quantitative estimate of drug-likeness (QED) is 0.816. The third-order valence-corrected chi connectivity index (χ3v) is 4.47. The Morgan fingerprint density at radius 1 is 1.25 bits per heavy atom. The van der Waals surface area contributed by atoms with Gasteiger partial charge < -0.3 is 14.6 Å². The summed E-state index contributed by atoms with van der Waals surface area (Å²) in [7, 11) is 3.14. The SMILES string of the molecule is COc1cc(SC(C)C)cc(OC)c1C1(C(=O)O)CC1. The van der Waals surface area contributed by atoms with Crippen LogP contribution in [0.3, 0.4) is 0 Å². The summed E-state index contributed by atoms with van der Waals surface area (Å²) in [6.45, 7) is 4.22. The largest absolute Gasteiger partial charge is 0.496 e. The highest BCUT2D eigenvalue weighted by molar-refractivity contribution is 7.99. The second kappa shape index (κ2) is 5.56. The molecule has 4 nitrogen and oxygen atoms in total. The molecule has 0 unspecified atom stereocenters. The molecule has 1 aliphatic carbocycles. The van der Waals surface area contributed by atoms with Crippen LogP contribution in [0.5, 0.6) is 11.5 Å². The van der Waals surface area contributed by atoms with E-state index >= 15 is 0 Å². The van der Waals surface area contributed by atoms with Gasteiger partial charge in [0, 0.05) is 10.1 Å². The average molecular weight is 296 g/mol. The Hall–Kier alpha value is -1.36. The number of carboxylic acids is 1. The third kappa shape index (κ3) is 2.59. The maximum Gasteiger partial charge on any atom is 0.314 e. The predicted octanol–water partition coefficient (Wildman–Crippen LogP) is 3.32. The molecule has 0 spiro atoms. The molecule has 0 saturated heterocycles. The Morgan fingerprint density at radius 3 is 2.05 bits per heavy atom. The van der Waals surface area contributed by atoms with E-state index in [1.165, 1.54) is 0 Å². The van der Waals surface area contributed by atoms with Gasteiger partial charge in [-0.2, -0.15) is 0 Å². The minimum atomic E-state index is -0.836. The summed E-state index contributed by atoms with van der Waals surface area (Å²) in [6, 6.07) is 3.82. The maximum absolute atomic E-state index is 11.6. The molecular formula is C15H20O4S. The van der Waals surface area contributed by atoms with Crippen molar-refractivity contribution in [2.45, 2.75) is 42.2 Å². The molecule has 0 heterocycles. The number of benzene rings is 1. The summed E-state index contributed by atoms with van der Waals surface area (Å²) in [4.78, 5) is 12.6. The molecule has 1 aliphatic rings. The topological polar surface area (TPSA) is 55.8 Å². The van der Waals surface area contributed by atoms with Crippen molar-refractivity contribution in [1.29, 1.82) is 0 Å². The van der Waals surface area contributed by atoms with Gasteiger partial charge in [0.2, 0.25) is 0 Å². The molecule has 0 bridgehead atoms. The number of carboxylic acid groups (broad SMARTS) is 1. The summed E-state index contributed by atoms with van der Waals surface area (Å²) >= 11 is 1.70. The first-order chi connectivity index (χ1) is 9.44. The summed E-state index contributed by atoms with van der Waals surface area (Å²) in [5.74, 6) is 0.401. The van der Waals surface area contributed by atoms with E-state index in [4.69, 9.17) is 9.47 Å². The Labute approximate surface area is 123 Å². The second-order valence-electron chi connectivity index (χ2n) is 5.26. The molecule has 2 rings (SSSR count). The van der Waals surface area contributed by atoms with E-state index in [2.05, 4.69) is 13.8 Å². The maximum atomic E-state index is 11.6. The van der Waals surface area contributed by atoms with Crippen LogP contribution in [0.4, 0.5) is 0 Å². The normalized spacial score (nSPS) is 16.1. The fourth-order valence-corrected chi connectivity index (χ4v) is 3.29. The second-order valence-corrected chi connectivity index (χ2v) is 6.91. The van der Waals surface area contributed by atoms with Crippen LogP contribution in [0, 0.1) is 0 Å². The number of thioether (sulfide) groups is 1. The number of hydrogen-bond acceptors (Lipinski definition) is 4. The van der Waals surface area contributed by atoms with Gasteiger partial charge in [-0.15, -0.1) is 11.8 Å². The van der Waals surface area contributed by atoms with Crippen molar-refractivity contribution in [2.24, 2.45) is 0 Å². The smallest absolute Gasteiger partial charge is 0.314 e. The predicted molar refractivity (Wildman–Crippen MR) is 79.1 cm³/mol. The van der Waals surface area contributed by atoms with Crippen LogP contribution in [0.25, 0.3) is 0 Å². The van der Waals surface area contributed by atoms with Crippen LogP contribution in [0.15, 0.2) is 17.0 Å². The molecule has 1 aromatic carbocycles. The summed E-state index contributed by atoms with van der Waals surface area (Å²) < 4.78 is 10.9. The van der Waals surface area contributed by atoms with Crippen molar-refractivity contribution in [1.82, 2.24) is 0 Å². The van der Waals surface area contributed by atoms with E-state index < -0.39 is 11.4 Å².